The molecule has 0 aromatic heterocycles. The van der Waals surface area contributed by atoms with Crippen LogP contribution in [0.3, 0.4) is 0 Å². The largest absolute Gasteiger partial charge is 0.323 e. The maximum absolute atomic E-state index is 11.6. The van der Waals surface area contributed by atoms with Crippen LogP contribution in [0.4, 0.5) is 5.69 Å². The lowest BCUT2D eigenvalue weighted by atomic mass is 10.2. The maximum atomic E-state index is 11.6. The summed E-state index contributed by atoms with van der Waals surface area (Å²) in [5, 5.41) is 3.72. The summed E-state index contributed by atoms with van der Waals surface area (Å²) in [7, 11) is 0. The van der Waals surface area contributed by atoms with E-state index in [1.54, 1.807) is 0 Å². The molecule has 1 atom stereocenters. The minimum atomic E-state index is -0.268. The molecule has 0 radical (unpaired) electrons. The highest BCUT2D eigenvalue weighted by atomic mass is 79.9. The van der Waals surface area contributed by atoms with Crippen molar-refractivity contribution in [2.24, 2.45) is 0 Å². The molecule has 0 aliphatic heterocycles. The number of rotatable bonds is 3. The number of carbonyl (C=O) groups is 1. The normalized spacial score (nSPS) is 12.3. The van der Waals surface area contributed by atoms with E-state index in [1.165, 1.54) is 12.1 Å². The molecule has 0 spiro atoms. The maximum Gasteiger partial charge on any atom is 0.238 e. The number of anilines is 1. The fraction of sp³-hybridized carbons (Fsp3) is 0.300. The van der Waals surface area contributed by atoms with E-state index < -0.39 is 0 Å². The Balaban J connectivity index is 2.93. The topological polar surface area (TPSA) is 29.1 Å². The molecule has 0 aliphatic rings. The van der Waals surface area contributed by atoms with E-state index in [1.807, 2.05) is 6.92 Å². The van der Waals surface area contributed by atoms with Crippen molar-refractivity contribution in [3.63, 3.8) is 0 Å². The molecule has 0 heterocycles. The molecule has 1 aromatic rings. The van der Waals surface area contributed by atoms with Crippen molar-refractivity contribution in [1.29, 1.82) is 0 Å². The van der Waals surface area contributed by atoms with Crippen molar-refractivity contribution < 1.29 is 4.79 Å². The van der Waals surface area contributed by atoms with Crippen molar-refractivity contribution in [2.45, 2.75) is 18.2 Å². The van der Waals surface area contributed by atoms with Crippen LogP contribution in [-0.2, 0) is 4.79 Å². The lowest BCUT2D eigenvalue weighted by molar-refractivity contribution is -0.115. The third-order valence-corrected chi connectivity index (χ3v) is 3.78. The van der Waals surface area contributed by atoms with Crippen molar-refractivity contribution in [1.82, 2.24) is 0 Å². The van der Waals surface area contributed by atoms with E-state index in [0.29, 0.717) is 27.2 Å². The summed E-state index contributed by atoms with van der Waals surface area (Å²) in [6, 6.07) is 3.06. The predicted octanol–water partition coefficient (Wildman–Crippen LogP) is 4.76. The van der Waals surface area contributed by atoms with Gasteiger partial charge in [0.05, 0.1) is 20.6 Å². The van der Waals surface area contributed by atoms with E-state index >= 15 is 0 Å². The quantitative estimate of drug-likeness (QED) is 0.786. The first-order valence-corrected chi connectivity index (χ1v) is 6.60. The zero-order valence-corrected chi connectivity index (χ0v) is 12.2. The molecular weight excluding hydrogens is 336 g/mol. The first-order valence-electron chi connectivity index (χ1n) is 4.55. The average molecular weight is 345 g/mol. The Bertz CT molecular complexity index is 388. The van der Waals surface area contributed by atoms with Gasteiger partial charge in [-0.1, -0.05) is 57.7 Å². The number of hydrogen-bond acceptors (Lipinski definition) is 1. The summed E-state index contributed by atoms with van der Waals surface area (Å²) in [5.41, 5.74) is 0.385. The van der Waals surface area contributed by atoms with Gasteiger partial charge in [0, 0.05) is 5.02 Å². The second-order valence-electron chi connectivity index (χ2n) is 3.11. The Morgan fingerprint density at radius 1 is 1.38 bits per heavy atom. The first kappa shape index (κ1) is 14.1. The Hall–Kier alpha value is 0.0400. The van der Waals surface area contributed by atoms with Gasteiger partial charge in [0.15, 0.2) is 0 Å². The fourth-order valence-corrected chi connectivity index (χ4v) is 2.07. The molecule has 0 aliphatic carbocycles. The Labute approximate surface area is 117 Å². The van der Waals surface area contributed by atoms with E-state index in [4.69, 9.17) is 34.8 Å². The zero-order chi connectivity index (χ0) is 12.3. The second kappa shape index (κ2) is 6.10. The molecule has 0 bridgehead atoms. The smallest absolute Gasteiger partial charge is 0.238 e. The van der Waals surface area contributed by atoms with Gasteiger partial charge in [-0.2, -0.15) is 0 Å². The van der Waals surface area contributed by atoms with Crippen LogP contribution in [0, 0.1) is 0 Å². The molecule has 1 rings (SSSR count). The predicted molar refractivity (Wildman–Crippen MR) is 73.1 cm³/mol. The standard InChI is InChI=1S/C10H9BrCl3NO/c1-2-6(11)10(16)15-9-7(13)3-5(12)4-8(9)14/h3-4,6H,2H2,1H3,(H,15,16). The highest BCUT2D eigenvalue weighted by molar-refractivity contribution is 9.10. The van der Waals surface area contributed by atoms with E-state index in [0.717, 1.165) is 0 Å². The van der Waals surface area contributed by atoms with Crippen LogP contribution in [0.2, 0.25) is 15.1 Å². The van der Waals surface area contributed by atoms with Gasteiger partial charge in [0.1, 0.15) is 0 Å². The van der Waals surface area contributed by atoms with Crippen molar-refractivity contribution >= 4 is 62.3 Å². The number of amides is 1. The highest BCUT2D eigenvalue weighted by Gasteiger charge is 2.16. The van der Waals surface area contributed by atoms with Crippen LogP contribution in [0.5, 0.6) is 0 Å². The van der Waals surface area contributed by atoms with E-state index in [-0.39, 0.29) is 10.7 Å². The van der Waals surface area contributed by atoms with E-state index in [2.05, 4.69) is 21.2 Å². The van der Waals surface area contributed by atoms with Crippen LogP contribution in [0.1, 0.15) is 13.3 Å². The molecule has 1 aromatic carbocycles. The first-order chi connectivity index (χ1) is 7.45. The summed E-state index contributed by atoms with van der Waals surface area (Å²) in [6.07, 6.45) is 0.675. The molecule has 0 fully saturated rings. The number of alkyl halides is 1. The Morgan fingerprint density at radius 2 is 1.88 bits per heavy atom. The molecule has 0 saturated carbocycles. The summed E-state index contributed by atoms with van der Waals surface area (Å²) >= 11 is 20.9. The molecule has 2 nitrogen and oxygen atoms in total. The fourth-order valence-electron chi connectivity index (χ4n) is 1.05. The summed E-state index contributed by atoms with van der Waals surface area (Å²) in [5.74, 6) is -0.186. The van der Waals surface area contributed by atoms with Gasteiger partial charge < -0.3 is 5.32 Å². The van der Waals surface area contributed by atoms with Crippen LogP contribution in [-0.4, -0.2) is 10.7 Å². The van der Waals surface area contributed by atoms with Gasteiger partial charge >= 0.3 is 0 Å². The summed E-state index contributed by atoms with van der Waals surface area (Å²) < 4.78 is 0. The average Bonchev–Trinajstić information content (AvgIpc) is 2.21. The van der Waals surface area contributed by atoms with Crippen LogP contribution >= 0.6 is 50.7 Å². The molecule has 88 valence electrons. The Kier molecular flexibility index (Phi) is 5.38. The van der Waals surface area contributed by atoms with Gasteiger partial charge in [-0.3, -0.25) is 4.79 Å². The SMILES string of the molecule is CCC(Br)C(=O)Nc1c(Cl)cc(Cl)cc1Cl. The Morgan fingerprint density at radius 3 is 2.31 bits per heavy atom. The van der Waals surface area contributed by atoms with Gasteiger partial charge in [-0.15, -0.1) is 0 Å². The number of hydrogen-bond donors (Lipinski definition) is 1. The van der Waals surface area contributed by atoms with E-state index in [9.17, 15) is 4.79 Å². The lowest BCUT2D eigenvalue weighted by Crippen LogP contribution is -2.22. The molecule has 1 unspecified atom stereocenters. The van der Waals surface area contributed by atoms with Crippen molar-refractivity contribution in [3.8, 4) is 0 Å². The molecule has 6 heteroatoms. The molecule has 1 N–H and O–H groups in total. The van der Waals surface area contributed by atoms with Crippen molar-refractivity contribution in [3.05, 3.63) is 27.2 Å². The number of halogens is 4. The third-order valence-electron chi connectivity index (χ3n) is 1.90. The minimum Gasteiger partial charge on any atom is -0.323 e. The number of benzene rings is 1. The monoisotopic (exact) mass is 343 g/mol. The van der Waals surface area contributed by atoms with Crippen molar-refractivity contribution in [2.75, 3.05) is 5.32 Å². The van der Waals surface area contributed by atoms with Gasteiger partial charge in [-0.25, -0.2) is 0 Å². The minimum absolute atomic E-state index is 0.186. The van der Waals surface area contributed by atoms with Crippen LogP contribution in [0.25, 0.3) is 0 Å². The molecular formula is C10H9BrCl3NO. The second-order valence-corrected chi connectivity index (χ2v) is 5.47. The third kappa shape index (κ3) is 3.52. The number of nitrogens with one attached hydrogen (secondary N) is 1. The molecule has 16 heavy (non-hydrogen) atoms. The van der Waals surface area contributed by atoms with Gasteiger partial charge in [0.25, 0.3) is 0 Å². The lowest BCUT2D eigenvalue weighted by Gasteiger charge is -2.12. The summed E-state index contributed by atoms with van der Waals surface area (Å²) in [6.45, 7) is 1.89. The van der Waals surface area contributed by atoms with Gasteiger partial charge in [0.2, 0.25) is 5.91 Å². The van der Waals surface area contributed by atoms with Gasteiger partial charge in [-0.05, 0) is 18.6 Å². The highest BCUT2D eigenvalue weighted by Crippen LogP contribution is 2.33. The number of carbonyl (C=O) groups excluding carboxylic acids is 1. The summed E-state index contributed by atoms with van der Waals surface area (Å²) in [4.78, 5) is 11.4. The van der Waals surface area contributed by atoms with Crippen LogP contribution in [0.15, 0.2) is 12.1 Å². The zero-order valence-electron chi connectivity index (χ0n) is 8.36. The molecule has 1 amide bonds. The van der Waals surface area contributed by atoms with Crippen LogP contribution < -0.4 is 5.32 Å². The molecule has 0 saturated heterocycles.